The minimum absolute atomic E-state index is 0.0972. The summed E-state index contributed by atoms with van der Waals surface area (Å²) in [6, 6.07) is 18.6. The Balaban J connectivity index is 1.73. The van der Waals surface area contributed by atoms with Crippen molar-refractivity contribution in [2.45, 2.75) is 31.5 Å². The van der Waals surface area contributed by atoms with Crippen molar-refractivity contribution in [3.8, 4) is 0 Å². The largest absolute Gasteiger partial charge is 0.360 e. The second kappa shape index (κ2) is 7.22. The molecule has 1 N–H and O–H groups in total. The molecule has 2 atom stereocenters. The van der Waals surface area contributed by atoms with Crippen LogP contribution in [0.25, 0.3) is 0 Å². The second-order valence-corrected chi connectivity index (χ2v) is 7.08. The van der Waals surface area contributed by atoms with Crippen molar-refractivity contribution >= 4 is 11.8 Å². The van der Waals surface area contributed by atoms with Gasteiger partial charge in [-0.15, -0.1) is 0 Å². The van der Waals surface area contributed by atoms with Crippen molar-refractivity contribution in [2.24, 2.45) is 0 Å². The maximum atomic E-state index is 13.4. The topological polar surface area (TPSA) is 70.1 Å². The summed E-state index contributed by atoms with van der Waals surface area (Å²) in [4.78, 5) is 29.2. The fraction of sp³-hybridized carbons (Fsp3) is 0.273. The van der Waals surface area contributed by atoms with Gasteiger partial charge in [0.15, 0.2) is 0 Å². The van der Waals surface area contributed by atoms with Crippen LogP contribution >= 0.6 is 0 Å². The maximum absolute atomic E-state index is 13.4. The van der Waals surface area contributed by atoms with E-state index < -0.39 is 23.8 Å². The van der Waals surface area contributed by atoms with Gasteiger partial charge in [-0.1, -0.05) is 67.2 Å². The molecule has 6 heteroatoms. The molecule has 3 fully saturated rings. The molecule has 3 heterocycles. The Labute approximate surface area is 163 Å². The van der Waals surface area contributed by atoms with Gasteiger partial charge in [0.05, 0.1) is 6.61 Å². The summed E-state index contributed by atoms with van der Waals surface area (Å²) < 4.78 is 5.76. The van der Waals surface area contributed by atoms with Gasteiger partial charge in [0.2, 0.25) is 12.0 Å². The van der Waals surface area contributed by atoms with Crippen LogP contribution in [0, 0.1) is 0 Å². The monoisotopic (exact) mass is 378 g/mol. The summed E-state index contributed by atoms with van der Waals surface area (Å²) in [5, 5.41) is 11.5. The van der Waals surface area contributed by atoms with E-state index in [1.54, 1.807) is 0 Å². The fourth-order valence-corrected chi connectivity index (χ4v) is 3.71. The number of aliphatic hydroxyl groups is 1. The zero-order chi connectivity index (χ0) is 19.7. The van der Waals surface area contributed by atoms with Crippen molar-refractivity contribution in [1.82, 2.24) is 9.80 Å². The van der Waals surface area contributed by atoms with Gasteiger partial charge >= 0.3 is 0 Å². The van der Waals surface area contributed by atoms with Gasteiger partial charge in [0.25, 0.3) is 11.8 Å². The molecule has 1 unspecified atom stereocenters. The number of carbonyl (C=O) groups is 2. The van der Waals surface area contributed by atoms with E-state index in [0.29, 0.717) is 6.42 Å². The first-order chi connectivity index (χ1) is 13.5. The molecule has 3 saturated heterocycles. The van der Waals surface area contributed by atoms with Crippen LogP contribution in [0.2, 0.25) is 0 Å². The summed E-state index contributed by atoms with van der Waals surface area (Å²) >= 11 is 0. The Kier molecular flexibility index (Phi) is 4.75. The summed E-state index contributed by atoms with van der Waals surface area (Å²) in [5.41, 5.74) is -0.159. The number of fused-ring (bicyclic) bond motifs is 5. The maximum Gasteiger partial charge on any atom is 0.283 e. The minimum atomic E-state index is -2.08. The predicted molar refractivity (Wildman–Crippen MR) is 102 cm³/mol. The van der Waals surface area contributed by atoms with Gasteiger partial charge < -0.3 is 9.84 Å². The van der Waals surface area contributed by atoms with Gasteiger partial charge in [-0.25, -0.2) is 0 Å². The van der Waals surface area contributed by atoms with Gasteiger partial charge in [-0.05, 0) is 23.1 Å². The molecule has 0 aliphatic carbocycles. The molecule has 0 saturated carbocycles. The standard InChI is InChI=1S/C22H22N2O4/c1-16-12-13-28-20-19(25)24(15-18-10-6-3-7-11-18)22(16,27)21(26)23(20)14-17-8-4-2-5-9-17/h2-11,20,27H,1,12-15H2/t20?,22-/m1/s1. The molecular weight excluding hydrogens is 356 g/mol. The van der Waals surface area contributed by atoms with Crippen LogP contribution in [0.1, 0.15) is 17.5 Å². The molecule has 2 aromatic carbocycles. The molecule has 144 valence electrons. The third-order valence-corrected chi connectivity index (χ3v) is 5.26. The zero-order valence-corrected chi connectivity index (χ0v) is 15.5. The third-order valence-electron chi connectivity index (χ3n) is 5.26. The summed E-state index contributed by atoms with van der Waals surface area (Å²) in [5.74, 6) is -1.02. The number of benzene rings is 2. The average molecular weight is 378 g/mol. The Bertz CT molecular complexity index is 899. The van der Waals surface area contributed by atoms with E-state index in [-0.39, 0.29) is 25.3 Å². The predicted octanol–water partition coefficient (Wildman–Crippen LogP) is 2.05. The number of hydrogen-bond donors (Lipinski definition) is 1. The number of rotatable bonds is 4. The highest BCUT2D eigenvalue weighted by Gasteiger charge is 2.58. The highest BCUT2D eigenvalue weighted by atomic mass is 16.5. The first kappa shape index (κ1) is 18.4. The first-order valence-electron chi connectivity index (χ1n) is 9.24. The number of ether oxygens (including phenoxy) is 1. The average Bonchev–Trinajstić information content (AvgIpc) is 2.72. The van der Waals surface area contributed by atoms with Crippen LogP contribution in [0.4, 0.5) is 0 Å². The Morgan fingerprint density at radius 1 is 1.00 bits per heavy atom. The van der Waals surface area contributed by atoms with Crippen molar-refractivity contribution in [1.29, 1.82) is 0 Å². The molecule has 0 aromatic heterocycles. The van der Waals surface area contributed by atoms with E-state index in [4.69, 9.17) is 4.74 Å². The highest BCUT2D eigenvalue weighted by molar-refractivity contribution is 6.00. The fourth-order valence-electron chi connectivity index (χ4n) is 3.71. The SMILES string of the molecule is C=C1CCOC2C(=O)N(Cc3ccccc3)[C@]1(O)C(=O)N2Cc1ccccc1. The first-order valence-corrected chi connectivity index (χ1v) is 9.24. The molecular formula is C22H22N2O4. The summed E-state index contributed by atoms with van der Waals surface area (Å²) in [6.07, 6.45) is -0.763. The van der Waals surface area contributed by atoms with E-state index in [2.05, 4.69) is 6.58 Å². The molecule has 3 aliphatic rings. The van der Waals surface area contributed by atoms with E-state index in [0.717, 1.165) is 11.1 Å². The number of amides is 2. The lowest BCUT2D eigenvalue weighted by Crippen LogP contribution is -2.73. The Hall–Kier alpha value is -2.96. The molecule has 2 aromatic rings. The zero-order valence-electron chi connectivity index (χ0n) is 15.5. The highest BCUT2D eigenvalue weighted by Crippen LogP contribution is 2.37. The van der Waals surface area contributed by atoms with Gasteiger partial charge in [-0.3, -0.25) is 19.4 Å². The van der Waals surface area contributed by atoms with Gasteiger partial charge in [-0.2, -0.15) is 0 Å². The van der Waals surface area contributed by atoms with Crippen LogP contribution in [0.3, 0.4) is 0 Å². The van der Waals surface area contributed by atoms with Crippen LogP contribution in [-0.2, 0) is 27.4 Å². The summed E-state index contributed by atoms with van der Waals surface area (Å²) in [6.45, 7) is 4.40. The summed E-state index contributed by atoms with van der Waals surface area (Å²) in [7, 11) is 0. The lowest BCUT2D eigenvalue weighted by molar-refractivity contribution is -0.220. The minimum Gasteiger partial charge on any atom is -0.360 e. The molecule has 0 spiro atoms. The van der Waals surface area contributed by atoms with Crippen LogP contribution in [-0.4, -0.2) is 45.3 Å². The van der Waals surface area contributed by atoms with Crippen LogP contribution < -0.4 is 0 Å². The molecule has 2 amide bonds. The van der Waals surface area contributed by atoms with E-state index >= 15 is 0 Å². The van der Waals surface area contributed by atoms with Crippen molar-refractivity contribution < 1.29 is 19.4 Å². The van der Waals surface area contributed by atoms with Crippen LogP contribution in [0.15, 0.2) is 72.8 Å². The molecule has 28 heavy (non-hydrogen) atoms. The van der Waals surface area contributed by atoms with E-state index in [1.807, 2.05) is 60.7 Å². The number of hydrogen-bond acceptors (Lipinski definition) is 4. The molecule has 2 bridgehead atoms. The number of nitrogens with zero attached hydrogens (tertiary/aromatic N) is 2. The normalized spacial score (nSPS) is 25.0. The lowest BCUT2D eigenvalue weighted by atomic mass is 9.92. The smallest absolute Gasteiger partial charge is 0.283 e. The third kappa shape index (κ3) is 3.00. The number of piperazine rings is 1. The van der Waals surface area contributed by atoms with Crippen molar-refractivity contribution in [2.75, 3.05) is 6.61 Å². The van der Waals surface area contributed by atoms with E-state index in [1.165, 1.54) is 9.80 Å². The van der Waals surface area contributed by atoms with Crippen LogP contribution in [0.5, 0.6) is 0 Å². The Morgan fingerprint density at radius 2 is 1.57 bits per heavy atom. The molecule has 0 radical (unpaired) electrons. The number of carbonyl (C=O) groups excluding carboxylic acids is 2. The van der Waals surface area contributed by atoms with Gasteiger partial charge in [0, 0.05) is 13.1 Å². The molecule has 6 nitrogen and oxygen atoms in total. The van der Waals surface area contributed by atoms with E-state index in [9.17, 15) is 14.7 Å². The molecule has 3 aliphatic heterocycles. The lowest BCUT2D eigenvalue weighted by Gasteiger charge is -2.51. The Morgan fingerprint density at radius 3 is 2.18 bits per heavy atom. The second-order valence-electron chi connectivity index (χ2n) is 7.08. The van der Waals surface area contributed by atoms with Crippen molar-refractivity contribution in [3.05, 3.63) is 83.9 Å². The molecule has 5 rings (SSSR count). The van der Waals surface area contributed by atoms with Gasteiger partial charge in [0.1, 0.15) is 0 Å². The quantitative estimate of drug-likeness (QED) is 0.827. The van der Waals surface area contributed by atoms with Crippen molar-refractivity contribution in [3.63, 3.8) is 0 Å².